The van der Waals surface area contributed by atoms with Crippen LogP contribution in [0, 0.1) is 153 Å². The predicted octanol–water partition coefficient (Wildman–Crippen LogP) is 15.2. The average Bonchev–Trinajstić information content (AvgIpc) is 1.16. The molecule has 0 fully saturated rings. The summed E-state index contributed by atoms with van der Waals surface area (Å²) in [6, 6.07) is 70.5. The van der Waals surface area contributed by atoms with Gasteiger partial charge in [-0.2, -0.15) is 0 Å². The number of nitro benzene ring substituents is 2. The van der Waals surface area contributed by atoms with Crippen molar-refractivity contribution in [3.05, 3.63) is 333 Å². The first-order valence-electron chi connectivity index (χ1n) is 33.2. The smallest absolute Gasteiger partial charge is 0.270 e. The molecule has 0 atom stereocenters. The van der Waals surface area contributed by atoms with Gasteiger partial charge in [0.2, 0.25) is 0 Å². The third-order valence-electron chi connectivity index (χ3n) is 12.5. The first-order chi connectivity index (χ1) is 53.4. The summed E-state index contributed by atoms with van der Waals surface area (Å²) in [5.74, 6) is 53.2. The van der Waals surface area contributed by atoms with Gasteiger partial charge in [0, 0.05) is 78.8 Å². The largest absolute Gasteiger partial charge is 0.320 e. The maximum atomic E-state index is 10.9. The van der Waals surface area contributed by atoms with E-state index in [1.165, 1.54) is 40.6 Å². The first kappa shape index (κ1) is 126. The van der Waals surface area contributed by atoms with Crippen LogP contribution in [0.1, 0.15) is 72.2 Å². The topological polar surface area (TPSA) is 368 Å². The number of thiophene rings is 1. The standard InChI is InChI=1S/C13H11N.C11H11NO.C10H8N2.C10H11N.C9H8BrN.2C9H8N2O2.C9H9N.C7H7NS.C3H5N.9ClH/c14-10-4-8-12-7-3-6-11-5-1-2-9-13(11)12;1-9(13)11-6-4-10(5-7-11)3-2-8-12;1-12-10-6-4-9(5-7-10)3-2-8-11;1-9-4-6-10(7-5-9)3-2-8-11;10-9-5-3-8(4-6-9)2-1-7-11;10-6-2-4-8-3-1-5-9(7-8)11(12)13;10-7-1-2-8-3-5-9(6-4-8)11(12)13;10-8-4-7-9-5-2-1-3-6-9;8-5-1-3-7-4-2-6-9-7;1-2-3-4;;;;;;;;;/h1-3,5-7,9H,10,14H2;4-7H,8,12H2,1H3;4-7H,8,11H2;4-7H,8,11H2,1H3;3-6H,7,11H2;1,3,5,7H,6,10H2;3-6H,7,10H2;1-3,5-6H,8,10H2;2,4,6H,5,8H2;1H,3-4H2;9*1H. The van der Waals surface area contributed by atoms with E-state index in [9.17, 15) is 25.0 Å². The van der Waals surface area contributed by atoms with Gasteiger partial charge >= 0.3 is 0 Å². The van der Waals surface area contributed by atoms with Crippen molar-refractivity contribution in [1.29, 1.82) is 0 Å². The number of carbonyl (C=O) groups is 1. The van der Waals surface area contributed by atoms with E-state index >= 15 is 0 Å². The Labute approximate surface area is 768 Å². The molecule has 0 saturated heterocycles. The summed E-state index contributed by atoms with van der Waals surface area (Å²) in [6.45, 7) is 14.0. The Bertz CT molecular complexity index is 5000. The van der Waals surface area contributed by atoms with Crippen molar-refractivity contribution >= 4 is 173 Å². The Morgan fingerprint density at radius 1 is 0.395 bits per heavy atom. The highest BCUT2D eigenvalue weighted by Crippen LogP contribution is 2.18. The number of hydrogen-bond donors (Lipinski definition) is 10. The van der Waals surface area contributed by atoms with E-state index in [-0.39, 0.29) is 142 Å². The van der Waals surface area contributed by atoms with Gasteiger partial charge in [0.05, 0.1) is 86.7 Å². The third-order valence-corrected chi connectivity index (χ3v) is 13.8. The zero-order valence-corrected chi connectivity index (χ0v) is 74.5. The summed E-state index contributed by atoms with van der Waals surface area (Å²) in [5, 5.41) is 25.0. The number of fused-ring (bicyclic) bond motifs is 1. The summed E-state index contributed by atoms with van der Waals surface area (Å²) in [6.07, 6.45) is 4.65. The van der Waals surface area contributed by atoms with Crippen molar-refractivity contribution in [2.75, 3.05) is 65.4 Å². The Balaban J connectivity index is -0.000000161. The van der Waals surface area contributed by atoms with Crippen LogP contribution in [0.3, 0.4) is 0 Å². The molecule has 10 aromatic rings. The number of hydrogen-bond acceptors (Lipinski definition) is 16. The lowest BCUT2D eigenvalue weighted by Gasteiger charge is -1.98. The second-order valence-electron chi connectivity index (χ2n) is 20.6. The minimum absolute atomic E-state index is 0. The minimum atomic E-state index is -0.451. The number of nitrogens with zero attached hydrogens (tertiary/aromatic N) is 3. The van der Waals surface area contributed by atoms with Gasteiger partial charge in [0.1, 0.15) is 0 Å². The van der Waals surface area contributed by atoms with Crippen LogP contribution in [0.4, 0.5) is 17.1 Å². The van der Waals surface area contributed by atoms with Gasteiger partial charge in [-0.3, -0.25) is 25.0 Å². The molecule has 20 N–H and O–H groups in total. The molecular weight excluding hydrogens is 1770 g/mol. The number of non-ortho nitro benzene ring substituents is 2. The number of rotatable bonds is 3. The zero-order chi connectivity index (χ0) is 81.0. The summed E-state index contributed by atoms with van der Waals surface area (Å²) >= 11 is 4.97. The van der Waals surface area contributed by atoms with Crippen LogP contribution in [0.2, 0.25) is 0 Å². The quantitative estimate of drug-likeness (QED) is 0.0258. The maximum absolute atomic E-state index is 10.9. The number of carbonyl (C=O) groups excluding carboxylic acids is 1. The van der Waals surface area contributed by atoms with Crippen LogP contribution < -0.4 is 57.3 Å². The molecule has 0 saturated carbocycles. The van der Waals surface area contributed by atoms with Gasteiger partial charge in [-0.15, -0.1) is 129 Å². The van der Waals surface area contributed by atoms with E-state index in [0.29, 0.717) is 69.2 Å². The van der Waals surface area contributed by atoms with Crippen molar-refractivity contribution in [1.82, 2.24) is 0 Å². The monoisotopic (exact) mass is 1860 g/mol. The molecule has 0 aliphatic rings. The number of terminal acetylenes is 1. The molecule has 0 aliphatic carbocycles. The van der Waals surface area contributed by atoms with E-state index in [1.807, 2.05) is 145 Å². The Morgan fingerprint density at radius 3 is 1.12 bits per heavy atom. The van der Waals surface area contributed by atoms with Crippen LogP contribution in [-0.2, 0) is 0 Å². The van der Waals surface area contributed by atoms with Crippen LogP contribution >= 0.6 is 139 Å². The van der Waals surface area contributed by atoms with Gasteiger partial charge in [0.25, 0.3) is 11.4 Å². The fourth-order valence-electron chi connectivity index (χ4n) is 7.50. The summed E-state index contributed by atoms with van der Waals surface area (Å²) in [7, 11) is 0. The minimum Gasteiger partial charge on any atom is -0.320 e. The molecule has 0 radical (unpaired) electrons. The van der Waals surface area contributed by atoms with Crippen molar-refractivity contribution in [3.8, 4) is 119 Å². The van der Waals surface area contributed by atoms with Crippen molar-refractivity contribution in [2.24, 2.45) is 57.3 Å². The molecular formula is C90H95BrCl9N13O5S. The fourth-order valence-corrected chi connectivity index (χ4v) is 8.36. The van der Waals surface area contributed by atoms with Crippen molar-refractivity contribution in [3.63, 3.8) is 0 Å². The van der Waals surface area contributed by atoms with E-state index < -0.39 is 9.85 Å². The lowest BCUT2D eigenvalue weighted by Crippen LogP contribution is -1.93. The van der Waals surface area contributed by atoms with Crippen LogP contribution in [0.15, 0.2) is 240 Å². The van der Waals surface area contributed by atoms with E-state index in [0.717, 1.165) is 48.3 Å². The number of nitro groups is 2. The second kappa shape index (κ2) is 85.1. The van der Waals surface area contributed by atoms with Crippen molar-refractivity contribution in [2.45, 2.75) is 13.8 Å². The molecule has 9 aromatic carbocycles. The average molecular weight is 1870 g/mol. The van der Waals surface area contributed by atoms with Gasteiger partial charge in [-0.05, 0) is 121 Å². The molecule has 0 amide bonds. The highest BCUT2D eigenvalue weighted by Gasteiger charge is 2.04. The molecule has 1 aromatic heterocycles. The Morgan fingerprint density at radius 2 is 0.731 bits per heavy atom. The van der Waals surface area contributed by atoms with E-state index in [1.54, 1.807) is 66.8 Å². The Kier molecular flexibility index (Phi) is 90.3. The number of aryl methyl sites for hydroxylation is 1. The highest BCUT2D eigenvalue weighted by molar-refractivity contribution is 9.10. The van der Waals surface area contributed by atoms with Crippen LogP contribution in [0.5, 0.6) is 0 Å². The lowest BCUT2D eigenvalue weighted by molar-refractivity contribution is -0.385. The predicted molar refractivity (Wildman–Crippen MR) is 522 cm³/mol. The number of benzene rings is 9. The molecule has 0 unspecified atom stereocenters. The van der Waals surface area contributed by atoms with Gasteiger partial charge in [-0.25, -0.2) is 4.85 Å². The highest BCUT2D eigenvalue weighted by atomic mass is 79.9. The molecule has 626 valence electrons. The number of ketones is 1. The molecule has 1 heterocycles. The molecule has 18 nitrogen and oxygen atoms in total. The van der Waals surface area contributed by atoms with Gasteiger partial charge < -0.3 is 57.3 Å². The summed E-state index contributed by atoms with van der Waals surface area (Å²) in [4.78, 5) is 35.0. The van der Waals surface area contributed by atoms with Crippen molar-refractivity contribution < 1.29 is 14.6 Å². The summed E-state index contributed by atoms with van der Waals surface area (Å²) < 4.78 is 1.07. The number of nitrogens with two attached hydrogens (primary N) is 10. The SMILES string of the molecule is C#CCN.CC(=O)c1ccc(C#CCN)cc1.Cc1ccc(C#CCN)cc1.Cl.Cl.Cl.Cl.Cl.Cl.Cl.Cl.Cl.NCC#Cc1ccc(Br)cc1.NCC#Cc1ccc([N+](=O)[O-])cc1.NCC#Cc1cccc([N+](=O)[O-])c1.NCC#Cc1cccc2ccccc12.NCC#Cc1ccccc1.NCC#Cc1cccs1.[C-]#[N+]c1ccc(C#CCN)cc1. The molecule has 0 spiro atoms. The normalized spacial score (nSPS) is 7.82. The first-order valence-corrected chi connectivity index (χ1v) is 34.9. The van der Waals surface area contributed by atoms with Gasteiger partial charge in [0.15, 0.2) is 11.5 Å². The number of halogens is 10. The Hall–Kier alpha value is -10.8. The maximum Gasteiger partial charge on any atom is 0.270 e. The second-order valence-corrected chi connectivity index (χ2v) is 22.5. The molecule has 119 heavy (non-hydrogen) atoms. The zero-order valence-electron chi connectivity index (χ0n) is 64.8. The van der Waals surface area contributed by atoms with E-state index in [2.05, 4.69) is 165 Å². The molecule has 0 bridgehead atoms. The molecule has 29 heteroatoms. The third kappa shape index (κ3) is 63.9. The lowest BCUT2D eigenvalue weighted by atomic mass is 10.1. The van der Waals surface area contributed by atoms with E-state index in [4.69, 9.17) is 63.9 Å². The molecule has 10 rings (SSSR count). The van der Waals surface area contributed by atoms with Crippen LogP contribution in [0.25, 0.3) is 15.6 Å². The number of Topliss-reactive ketones (excluding diaryl/α,β-unsaturated/α-hetero) is 1. The summed E-state index contributed by atoms with van der Waals surface area (Å²) in [5.41, 5.74) is 61.7. The van der Waals surface area contributed by atoms with Gasteiger partial charge in [-0.1, -0.05) is 249 Å². The fraction of sp³-hybridized carbons (Fsp3) is 0.133. The molecule has 0 aliphatic heterocycles. The van der Waals surface area contributed by atoms with Crippen LogP contribution in [-0.4, -0.2) is 81.1 Å².